The third-order valence-electron chi connectivity index (χ3n) is 1.85. The van der Waals surface area contributed by atoms with Gasteiger partial charge in [0.25, 0.3) is 0 Å². The Morgan fingerprint density at radius 1 is 1.38 bits per heavy atom. The molecule has 0 N–H and O–H groups in total. The second kappa shape index (κ2) is 3.13. The molecule has 0 amide bonds. The molecule has 2 aromatic rings. The van der Waals surface area contributed by atoms with Crippen LogP contribution in [0.15, 0.2) is 22.7 Å². The number of aryl methyl sites for hydroxylation is 1. The Morgan fingerprint density at radius 2 is 2.15 bits per heavy atom. The molecule has 0 unspecified atom stereocenters. The van der Waals surface area contributed by atoms with Gasteiger partial charge in [0.2, 0.25) is 0 Å². The first-order valence-electron chi connectivity index (χ1n) is 3.80. The predicted molar refractivity (Wildman–Crippen MR) is 59.0 cm³/mol. The zero-order valence-corrected chi connectivity index (χ0v) is 9.37. The van der Waals surface area contributed by atoms with E-state index in [4.69, 9.17) is 5.26 Å². The van der Waals surface area contributed by atoms with E-state index >= 15 is 0 Å². The van der Waals surface area contributed by atoms with Gasteiger partial charge in [0.05, 0.1) is 5.56 Å². The van der Waals surface area contributed by atoms with Gasteiger partial charge >= 0.3 is 0 Å². The van der Waals surface area contributed by atoms with E-state index in [1.807, 2.05) is 12.1 Å². The van der Waals surface area contributed by atoms with Gasteiger partial charge in [-0.3, -0.25) is 0 Å². The summed E-state index contributed by atoms with van der Waals surface area (Å²) in [5.41, 5.74) is 0.699. The molecular formula is C10H6BrNS. The molecule has 2 rings (SSSR count). The van der Waals surface area contributed by atoms with Crippen LogP contribution in [-0.4, -0.2) is 0 Å². The highest BCUT2D eigenvalue weighted by molar-refractivity contribution is 9.10. The Bertz CT molecular complexity index is 507. The number of rotatable bonds is 0. The van der Waals surface area contributed by atoms with E-state index in [1.165, 1.54) is 9.58 Å². The summed E-state index contributed by atoms with van der Waals surface area (Å²) < 4.78 is 2.10. The van der Waals surface area contributed by atoms with Gasteiger partial charge in [0, 0.05) is 14.0 Å². The van der Waals surface area contributed by atoms with Gasteiger partial charge < -0.3 is 0 Å². The Kier molecular flexibility index (Phi) is 2.10. The minimum Gasteiger partial charge on any atom is -0.192 e. The normalized spacial score (nSPS) is 10.2. The maximum atomic E-state index is 8.81. The lowest BCUT2D eigenvalue weighted by Gasteiger charge is -1.94. The van der Waals surface area contributed by atoms with E-state index in [0.717, 1.165) is 9.86 Å². The molecule has 0 radical (unpaired) electrons. The van der Waals surface area contributed by atoms with Gasteiger partial charge in [-0.05, 0) is 46.4 Å². The summed E-state index contributed by atoms with van der Waals surface area (Å²) in [7, 11) is 0. The second-order valence-electron chi connectivity index (χ2n) is 2.84. The van der Waals surface area contributed by atoms with E-state index in [9.17, 15) is 0 Å². The van der Waals surface area contributed by atoms with Crippen molar-refractivity contribution in [2.24, 2.45) is 0 Å². The lowest BCUT2D eigenvalue weighted by atomic mass is 10.2. The zero-order valence-electron chi connectivity index (χ0n) is 6.97. The van der Waals surface area contributed by atoms with Crippen molar-refractivity contribution in [3.8, 4) is 6.07 Å². The van der Waals surface area contributed by atoms with E-state index in [0.29, 0.717) is 5.56 Å². The van der Waals surface area contributed by atoms with Gasteiger partial charge in [-0.1, -0.05) is 0 Å². The van der Waals surface area contributed by atoms with E-state index in [2.05, 4.69) is 35.0 Å². The molecule has 0 aliphatic heterocycles. The van der Waals surface area contributed by atoms with Crippen LogP contribution in [0.1, 0.15) is 10.4 Å². The van der Waals surface area contributed by atoms with Crippen LogP contribution < -0.4 is 0 Å². The molecule has 64 valence electrons. The summed E-state index contributed by atoms with van der Waals surface area (Å²) in [6.07, 6.45) is 0. The average molecular weight is 252 g/mol. The number of halogens is 1. The quantitative estimate of drug-likeness (QED) is 0.698. The number of fused-ring (bicyclic) bond motifs is 1. The smallest absolute Gasteiger partial charge is 0.100 e. The van der Waals surface area contributed by atoms with E-state index < -0.39 is 0 Å². The molecule has 1 aromatic heterocycles. The van der Waals surface area contributed by atoms with Crippen LogP contribution in [0.2, 0.25) is 0 Å². The predicted octanol–water partition coefficient (Wildman–Crippen LogP) is 3.84. The Labute approximate surface area is 88.7 Å². The fraction of sp³-hybridized carbons (Fsp3) is 0.100. The highest BCUT2D eigenvalue weighted by Gasteiger charge is 2.03. The third kappa shape index (κ3) is 1.48. The average Bonchev–Trinajstić information content (AvgIpc) is 2.42. The molecule has 0 bridgehead atoms. The first-order valence-corrected chi connectivity index (χ1v) is 5.41. The molecule has 0 fully saturated rings. The highest BCUT2D eigenvalue weighted by atomic mass is 79.9. The molecular weight excluding hydrogens is 246 g/mol. The summed E-state index contributed by atoms with van der Waals surface area (Å²) >= 11 is 5.12. The van der Waals surface area contributed by atoms with Crippen LogP contribution in [0.25, 0.3) is 10.1 Å². The van der Waals surface area contributed by atoms with Gasteiger partial charge in [-0.25, -0.2) is 0 Å². The molecule has 0 aliphatic carbocycles. The Hall–Kier alpha value is -0.850. The van der Waals surface area contributed by atoms with Crippen molar-refractivity contribution in [2.75, 3.05) is 0 Å². The van der Waals surface area contributed by atoms with Crippen molar-refractivity contribution in [1.29, 1.82) is 5.26 Å². The zero-order chi connectivity index (χ0) is 9.42. The van der Waals surface area contributed by atoms with Crippen molar-refractivity contribution < 1.29 is 0 Å². The van der Waals surface area contributed by atoms with Gasteiger partial charge in [0.1, 0.15) is 6.07 Å². The maximum Gasteiger partial charge on any atom is 0.100 e. The maximum absolute atomic E-state index is 8.81. The molecule has 0 aliphatic rings. The summed E-state index contributed by atoms with van der Waals surface area (Å²) in [4.78, 5) is 1.27. The molecule has 1 nitrogen and oxygen atoms in total. The summed E-state index contributed by atoms with van der Waals surface area (Å²) in [6, 6.07) is 8.18. The van der Waals surface area contributed by atoms with Gasteiger partial charge in [-0.2, -0.15) is 5.26 Å². The monoisotopic (exact) mass is 251 g/mol. The Morgan fingerprint density at radius 3 is 2.85 bits per heavy atom. The molecule has 13 heavy (non-hydrogen) atoms. The number of benzene rings is 1. The number of hydrogen-bond donors (Lipinski definition) is 0. The molecule has 1 aromatic carbocycles. The number of hydrogen-bond acceptors (Lipinski definition) is 2. The fourth-order valence-corrected chi connectivity index (χ4v) is 2.81. The van der Waals surface area contributed by atoms with Crippen molar-refractivity contribution >= 4 is 37.4 Å². The molecule has 0 saturated carbocycles. The Balaban J connectivity index is 2.82. The number of nitrogens with zero attached hydrogens (tertiary/aromatic N) is 1. The van der Waals surface area contributed by atoms with Crippen molar-refractivity contribution in [3.05, 3.63) is 33.1 Å². The second-order valence-corrected chi connectivity index (χ2v) is 4.98. The van der Waals surface area contributed by atoms with E-state index in [-0.39, 0.29) is 0 Å². The van der Waals surface area contributed by atoms with Gasteiger partial charge in [0.15, 0.2) is 0 Å². The van der Waals surface area contributed by atoms with Crippen LogP contribution in [0.5, 0.6) is 0 Å². The van der Waals surface area contributed by atoms with Crippen molar-refractivity contribution in [3.63, 3.8) is 0 Å². The summed E-state index contributed by atoms with van der Waals surface area (Å²) in [5.74, 6) is 0. The molecule has 0 saturated heterocycles. The topological polar surface area (TPSA) is 23.8 Å². The largest absolute Gasteiger partial charge is 0.192 e. The van der Waals surface area contributed by atoms with Crippen LogP contribution in [0.3, 0.4) is 0 Å². The van der Waals surface area contributed by atoms with Crippen LogP contribution in [-0.2, 0) is 0 Å². The summed E-state index contributed by atoms with van der Waals surface area (Å²) in [5, 5.41) is 9.96. The van der Waals surface area contributed by atoms with Crippen molar-refractivity contribution in [1.82, 2.24) is 0 Å². The van der Waals surface area contributed by atoms with Gasteiger partial charge in [-0.15, -0.1) is 11.3 Å². The lowest BCUT2D eigenvalue weighted by molar-refractivity contribution is 1.48. The standard InChI is InChI=1S/C10H6BrNS/c1-6-2-7-3-8(5-12)9(11)4-10(7)13-6/h2-4H,1H3. The minimum atomic E-state index is 0.699. The number of thiophene rings is 1. The van der Waals surface area contributed by atoms with Crippen molar-refractivity contribution in [2.45, 2.75) is 6.92 Å². The van der Waals surface area contributed by atoms with Crippen LogP contribution in [0, 0.1) is 18.3 Å². The lowest BCUT2D eigenvalue weighted by Crippen LogP contribution is -1.75. The summed E-state index contributed by atoms with van der Waals surface area (Å²) in [6.45, 7) is 2.07. The minimum absolute atomic E-state index is 0.699. The first-order chi connectivity index (χ1) is 6.20. The number of nitriles is 1. The fourth-order valence-electron chi connectivity index (χ4n) is 1.28. The highest BCUT2D eigenvalue weighted by Crippen LogP contribution is 2.30. The van der Waals surface area contributed by atoms with E-state index in [1.54, 1.807) is 11.3 Å². The third-order valence-corrected chi connectivity index (χ3v) is 3.52. The molecule has 1 heterocycles. The van der Waals surface area contributed by atoms with Crippen LogP contribution in [0.4, 0.5) is 0 Å². The first kappa shape index (κ1) is 8.74. The molecule has 0 atom stereocenters. The SMILES string of the molecule is Cc1cc2cc(C#N)c(Br)cc2s1. The molecule has 3 heteroatoms. The molecule has 0 spiro atoms. The van der Waals surface area contributed by atoms with Crippen LogP contribution >= 0.6 is 27.3 Å².